The molecule has 2 fully saturated rings. The summed E-state index contributed by atoms with van der Waals surface area (Å²) >= 11 is 0. The lowest BCUT2D eigenvalue weighted by molar-refractivity contribution is 0.127. The van der Waals surface area contributed by atoms with E-state index in [2.05, 4.69) is 123 Å². The summed E-state index contributed by atoms with van der Waals surface area (Å²) in [5, 5.41) is 38.3. The van der Waals surface area contributed by atoms with E-state index in [0.29, 0.717) is 34.3 Å². The fraction of sp³-hybridized carbons (Fsp3) is 0.390. The van der Waals surface area contributed by atoms with Gasteiger partial charge in [0.05, 0.1) is 0 Å². The van der Waals surface area contributed by atoms with E-state index in [-0.39, 0.29) is 29.1 Å². The topological polar surface area (TPSA) is 80.9 Å². The normalized spacial score (nSPS) is 19.8. The number of phenols is 4. The first kappa shape index (κ1) is 48.6. The number of benzene rings is 6. The molecule has 0 bridgehead atoms. The molecule has 2 aliphatic carbocycles. The zero-order chi connectivity index (χ0) is 44.9. The van der Waals surface area contributed by atoms with Crippen molar-refractivity contribution in [1.29, 1.82) is 0 Å². The Morgan fingerprint density at radius 3 is 1.13 bits per heavy atom. The molecule has 0 aromatic heterocycles. The van der Waals surface area contributed by atoms with Crippen molar-refractivity contribution in [3.05, 3.63) is 190 Å². The lowest BCUT2D eigenvalue weighted by Crippen LogP contribution is -2.41. The van der Waals surface area contributed by atoms with Crippen LogP contribution in [0.3, 0.4) is 0 Å². The Morgan fingerprint density at radius 1 is 0.429 bits per heavy atom. The monoisotopic (exact) mass is 847 g/mol. The van der Waals surface area contributed by atoms with E-state index in [1.165, 1.54) is 70.2 Å². The minimum Gasteiger partial charge on any atom is -0.508 e. The standard InChI is InChI=1S/C22H28O.C20H24O2.C16H18O.CH4/c1-16-5-7-18(8-6-16)22(19-9-11-20(23)12-10-19)14-17(2)13-21(3,4)15-22;1-19(2)12-3-13-20(14-19,15-4-8-17(21)9-5-15)16-6-10-18(22)11-7-16;1-12-4-6-13(7-5-12)16(2,3)14-8-10-15(17)11-9-14;/h5-12,17,23H,13-15H2,1-4H3;4-11,21-22H,3,12-14H2,1-2H3;4-11,17H,1-3H3;1H4. The molecule has 334 valence electrons. The average Bonchev–Trinajstić information content (AvgIpc) is 3.21. The fourth-order valence-corrected chi connectivity index (χ4v) is 10.9. The van der Waals surface area contributed by atoms with Crippen LogP contribution in [-0.2, 0) is 16.2 Å². The third kappa shape index (κ3) is 11.6. The van der Waals surface area contributed by atoms with Gasteiger partial charge in [-0.3, -0.25) is 0 Å². The van der Waals surface area contributed by atoms with Crippen LogP contribution in [-0.4, -0.2) is 20.4 Å². The molecule has 4 nitrogen and oxygen atoms in total. The molecule has 6 aromatic rings. The second kappa shape index (κ2) is 19.5. The van der Waals surface area contributed by atoms with Gasteiger partial charge in [0, 0.05) is 16.2 Å². The van der Waals surface area contributed by atoms with Gasteiger partial charge in [-0.1, -0.05) is 171 Å². The molecule has 8 rings (SSSR count). The molecule has 2 aliphatic rings. The summed E-state index contributed by atoms with van der Waals surface area (Å²) in [6.45, 7) is 20.5. The fourth-order valence-electron chi connectivity index (χ4n) is 10.9. The van der Waals surface area contributed by atoms with Gasteiger partial charge in [-0.25, -0.2) is 0 Å². The Labute approximate surface area is 379 Å². The van der Waals surface area contributed by atoms with E-state index in [1.807, 2.05) is 48.5 Å². The van der Waals surface area contributed by atoms with Gasteiger partial charge in [0.15, 0.2) is 0 Å². The molecule has 2 atom stereocenters. The van der Waals surface area contributed by atoms with Crippen LogP contribution in [0.2, 0.25) is 0 Å². The van der Waals surface area contributed by atoms with E-state index >= 15 is 0 Å². The Bertz CT molecular complexity index is 2190. The van der Waals surface area contributed by atoms with Gasteiger partial charge in [0.1, 0.15) is 23.0 Å². The zero-order valence-corrected chi connectivity index (χ0v) is 38.7. The highest BCUT2D eigenvalue weighted by Crippen LogP contribution is 2.54. The van der Waals surface area contributed by atoms with Crippen molar-refractivity contribution in [2.45, 2.75) is 131 Å². The second-order valence-electron chi connectivity index (χ2n) is 20.8. The molecule has 4 heteroatoms. The van der Waals surface area contributed by atoms with Gasteiger partial charge in [-0.15, -0.1) is 0 Å². The first-order chi connectivity index (χ1) is 29.2. The largest absolute Gasteiger partial charge is 0.508 e. The van der Waals surface area contributed by atoms with Gasteiger partial charge >= 0.3 is 0 Å². The van der Waals surface area contributed by atoms with Gasteiger partial charge < -0.3 is 20.4 Å². The second-order valence-corrected chi connectivity index (χ2v) is 20.8. The molecule has 0 saturated heterocycles. The highest BCUT2D eigenvalue weighted by atomic mass is 16.3. The maximum absolute atomic E-state index is 9.70. The summed E-state index contributed by atoms with van der Waals surface area (Å²) in [5.74, 6) is 1.96. The van der Waals surface area contributed by atoms with Gasteiger partial charge in [0.2, 0.25) is 0 Å². The zero-order valence-electron chi connectivity index (χ0n) is 38.7. The Balaban J connectivity index is 0.000000179. The predicted octanol–water partition coefficient (Wildman–Crippen LogP) is 15.5. The van der Waals surface area contributed by atoms with E-state index in [0.717, 1.165) is 19.3 Å². The summed E-state index contributed by atoms with van der Waals surface area (Å²) < 4.78 is 0. The molecule has 0 aliphatic heterocycles. The molecule has 0 spiro atoms. The summed E-state index contributed by atoms with van der Waals surface area (Å²) in [4.78, 5) is 0. The molecule has 63 heavy (non-hydrogen) atoms. The van der Waals surface area contributed by atoms with Crippen molar-refractivity contribution in [2.24, 2.45) is 16.7 Å². The average molecular weight is 847 g/mol. The molecule has 0 radical (unpaired) electrons. The summed E-state index contributed by atoms with van der Waals surface area (Å²) in [6, 6.07) is 48.3. The molecule has 0 amide bonds. The molecule has 2 unspecified atom stereocenters. The van der Waals surface area contributed by atoms with Crippen molar-refractivity contribution in [1.82, 2.24) is 0 Å². The van der Waals surface area contributed by atoms with Crippen LogP contribution in [0.25, 0.3) is 0 Å². The van der Waals surface area contributed by atoms with Crippen LogP contribution < -0.4 is 0 Å². The van der Waals surface area contributed by atoms with E-state index in [1.54, 1.807) is 36.4 Å². The van der Waals surface area contributed by atoms with E-state index < -0.39 is 0 Å². The van der Waals surface area contributed by atoms with Crippen LogP contribution in [0.15, 0.2) is 146 Å². The number of hydrogen-bond acceptors (Lipinski definition) is 4. The minimum atomic E-state index is -0.0403. The summed E-state index contributed by atoms with van der Waals surface area (Å²) in [6.07, 6.45) is 8.21. The molecule has 6 aromatic carbocycles. The van der Waals surface area contributed by atoms with E-state index in [4.69, 9.17) is 0 Å². The van der Waals surface area contributed by atoms with Gasteiger partial charge in [-0.2, -0.15) is 0 Å². The Hall–Kier alpha value is -5.48. The molecule has 2 saturated carbocycles. The molecule has 0 heterocycles. The quantitative estimate of drug-likeness (QED) is 0.135. The molecule has 4 N–H and O–H groups in total. The minimum absolute atomic E-state index is 0. The van der Waals surface area contributed by atoms with Crippen LogP contribution in [0, 0.1) is 30.6 Å². The van der Waals surface area contributed by atoms with Crippen molar-refractivity contribution >= 4 is 0 Å². The summed E-state index contributed by atoms with van der Waals surface area (Å²) in [7, 11) is 0. The highest BCUT2D eigenvalue weighted by Gasteiger charge is 2.45. The molecular formula is C59H74O4. The third-order valence-electron chi connectivity index (χ3n) is 13.8. The van der Waals surface area contributed by atoms with E-state index in [9.17, 15) is 20.4 Å². The van der Waals surface area contributed by atoms with Crippen molar-refractivity contribution < 1.29 is 20.4 Å². The number of aryl methyl sites for hydroxylation is 2. The lowest BCUT2D eigenvalue weighted by atomic mass is 9.55. The first-order valence-electron chi connectivity index (χ1n) is 22.5. The lowest BCUT2D eigenvalue weighted by Gasteiger charge is -2.48. The Morgan fingerprint density at radius 2 is 0.746 bits per heavy atom. The number of aromatic hydroxyl groups is 4. The highest BCUT2D eigenvalue weighted by molar-refractivity contribution is 5.46. The number of rotatable bonds is 6. The summed E-state index contributed by atoms with van der Waals surface area (Å²) in [5.41, 5.74) is 10.9. The van der Waals surface area contributed by atoms with Crippen molar-refractivity contribution in [3.63, 3.8) is 0 Å². The maximum Gasteiger partial charge on any atom is 0.115 e. The maximum atomic E-state index is 9.70. The number of hydrogen-bond donors (Lipinski definition) is 4. The predicted molar refractivity (Wildman–Crippen MR) is 264 cm³/mol. The van der Waals surface area contributed by atoms with Crippen molar-refractivity contribution in [3.8, 4) is 23.0 Å². The number of phenolic OH excluding ortho intramolecular Hbond substituents is 4. The van der Waals surface area contributed by atoms with Crippen LogP contribution in [0.4, 0.5) is 0 Å². The molecular weight excluding hydrogens is 773 g/mol. The smallest absolute Gasteiger partial charge is 0.115 e. The van der Waals surface area contributed by atoms with Crippen LogP contribution in [0.5, 0.6) is 23.0 Å². The van der Waals surface area contributed by atoms with Crippen LogP contribution in [0.1, 0.15) is 145 Å². The van der Waals surface area contributed by atoms with Crippen LogP contribution >= 0.6 is 0 Å². The SMILES string of the molecule is C.CC1(C)CCCC(c2ccc(O)cc2)(c2ccc(O)cc2)C1.Cc1ccc(C(C)(C)c2ccc(O)cc2)cc1.Cc1ccc(C2(c3ccc(O)cc3)CC(C)CC(C)(C)C2)cc1. The third-order valence-corrected chi connectivity index (χ3v) is 13.8. The first-order valence-corrected chi connectivity index (χ1v) is 22.5. The van der Waals surface area contributed by atoms with Gasteiger partial charge in [-0.05, 0) is 151 Å². The van der Waals surface area contributed by atoms with Gasteiger partial charge in [0.25, 0.3) is 0 Å². The Kier molecular flexibility index (Phi) is 15.0. The van der Waals surface area contributed by atoms with Crippen molar-refractivity contribution in [2.75, 3.05) is 0 Å².